The fourth-order valence-electron chi connectivity index (χ4n) is 3.33. The van der Waals surface area contributed by atoms with Gasteiger partial charge in [-0.05, 0) is 34.2 Å². The molecule has 0 radical (unpaired) electrons. The lowest BCUT2D eigenvalue weighted by molar-refractivity contribution is 0.00700. The van der Waals surface area contributed by atoms with Gasteiger partial charge in [-0.3, -0.25) is 9.89 Å². The van der Waals surface area contributed by atoms with Gasteiger partial charge in [0.25, 0.3) is 0 Å². The monoisotopic (exact) mass is 382 g/mol. The summed E-state index contributed by atoms with van der Waals surface area (Å²) in [5.41, 5.74) is -0.452. The van der Waals surface area contributed by atoms with Crippen molar-refractivity contribution in [2.45, 2.75) is 52.3 Å². The summed E-state index contributed by atoms with van der Waals surface area (Å²) < 4.78 is 5.39. The molecule has 8 nitrogen and oxygen atoms in total. The number of carbonyl (C=O) groups excluding carboxylic acids is 1. The third-order valence-corrected chi connectivity index (χ3v) is 5.14. The first-order valence-corrected chi connectivity index (χ1v) is 10.1. The molecular formula is C19H38N6O2. The fourth-order valence-corrected chi connectivity index (χ4v) is 3.33. The average molecular weight is 383 g/mol. The van der Waals surface area contributed by atoms with Crippen LogP contribution < -0.4 is 10.6 Å². The number of ether oxygens (including phenoxy) is 1. The van der Waals surface area contributed by atoms with Crippen molar-refractivity contribution in [1.29, 1.82) is 0 Å². The zero-order valence-electron chi connectivity index (χ0n) is 17.9. The van der Waals surface area contributed by atoms with Crippen molar-refractivity contribution in [3.05, 3.63) is 0 Å². The Morgan fingerprint density at radius 1 is 1.22 bits per heavy atom. The lowest BCUT2D eigenvalue weighted by Crippen LogP contribution is -2.63. The van der Waals surface area contributed by atoms with Gasteiger partial charge < -0.3 is 25.2 Å². The van der Waals surface area contributed by atoms with Crippen molar-refractivity contribution in [3.8, 4) is 0 Å². The van der Waals surface area contributed by atoms with Crippen LogP contribution in [0.4, 0.5) is 4.79 Å². The molecule has 0 aromatic carbocycles. The Morgan fingerprint density at radius 3 is 2.37 bits per heavy atom. The molecule has 27 heavy (non-hydrogen) atoms. The summed E-state index contributed by atoms with van der Waals surface area (Å²) in [6.07, 6.45) is -0.247. The van der Waals surface area contributed by atoms with Crippen LogP contribution in [0.3, 0.4) is 0 Å². The van der Waals surface area contributed by atoms with Gasteiger partial charge in [0.15, 0.2) is 5.96 Å². The summed E-state index contributed by atoms with van der Waals surface area (Å²) in [4.78, 5) is 23.0. The minimum atomic E-state index is -0.452. The number of nitrogens with one attached hydrogen (secondary N) is 2. The third-order valence-electron chi connectivity index (χ3n) is 5.14. The van der Waals surface area contributed by atoms with Crippen molar-refractivity contribution < 1.29 is 9.53 Å². The molecule has 2 heterocycles. The van der Waals surface area contributed by atoms with Crippen LogP contribution in [0.1, 0.15) is 34.6 Å². The van der Waals surface area contributed by atoms with E-state index in [-0.39, 0.29) is 12.1 Å². The number of likely N-dealkylation sites (tertiary alicyclic amines) is 1. The van der Waals surface area contributed by atoms with E-state index in [1.54, 1.807) is 11.9 Å². The second-order valence-corrected chi connectivity index (χ2v) is 8.50. The van der Waals surface area contributed by atoms with Gasteiger partial charge in [0.2, 0.25) is 0 Å². The molecular weight excluding hydrogens is 344 g/mol. The molecule has 2 aliphatic rings. The van der Waals surface area contributed by atoms with Gasteiger partial charge in [0.1, 0.15) is 5.60 Å². The number of hydrogen-bond acceptors (Lipinski definition) is 5. The Hall–Kier alpha value is -1.54. The molecule has 156 valence electrons. The maximum absolute atomic E-state index is 12.0. The van der Waals surface area contributed by atoms with Crippen LogP contribution in [0, 0.1) is 0 Å². The van der Waals surface area contributed by atoms with Crippen molar-refractivity contribution in [2.24, 2.45) is 4.99 Å². The summed E-state index contributed by atoms with van der Waals surface area (Å²) >= 11 is 0. The van der Waals surface area contributed by atoms with Gasteiger partial charge in [-0.15, -0.1) is 0 Å². The van der Waals surface area contributed by atoms with E-state index in [1.807, 2.05) is 20.8 Å². The molecule has 0 bridgehead atoms. The topological polar surface area (TPSA) is 72.4 Å². The minimum Gasteiger partial charge on any atom is -0.444 e. The SMILES string of the molecule is CCN1CCN(C(C)CNC(=NC)NC2CN(C(=O)OC(C)(C)C)C2)CC1. The standard InChI is InChI=1S/C19H38N6O2/c1-7-23-8-10-24(11-9-23)15(2)12-21-17(20-6)22-16-13-25(14-16)18(26)27-19(3,4)5/h15-16H,7-14H2,1-6H3,(H2,20,21,22). The summed E-state index contributed by atoms with van der Waals surface area (Å²) in [6.45, 7) is 18.0. The third kappa shape index (κ3) is 6.84. The fraction of sp³-hybridized carbons (Fsp3) is 0.895. The summed E-state index contributed by atoms with van der Waals surface area (Å²) in [6, 6.07) is 0.675. The van der Waals surface area contributed by atoms with Gasteiger partial charge >= 0.3 is 6.09 Å². The lowest BCUT2D eigenvalue weighted by Gasteiger charge is -2.41. The Balaban J connectivity index is 1.66. The molecule has 2 rings (SSSR count). The molecule has 1 amide bonds. The highest BCUT2D eigenvalue weighted by Gasteiger charge is 2.34. The average Bonchev–Trinajstić information content (AvgIpc) is 2.58. The van der Waals surface area contributed by atoms with E-state index in [0.717, 1.165) is 45.2 Å². The van der Waals surface area contributed by atoms with E-state index in [0.29, 0.717) is 19.1 Å². The summed E-state index contributed by atoms with van der Waals surface area (Å²) in [5.74, 6) is 0.794. The molecule has 0 aliphatic carbocycles. The number of carbonyl (C=O) groups is 1. The lowest BCUT2D eigenvalue weighted by atomic mass is 10.1. The quantitative estimate of drug-likeness (QED) is 0.541. The maximum Gasteiger partial charge on any atom is 0.410 e. The van der Waals surface area contributed by atoms with E-state index in [2.05, 4.69) is 39.3 Å². The Labute approximate surface area is 164 Å². The molecule has 2 fully saturated rings. The number of likely N-dealkylation sites (N-methyl/N-ethyl adjacent to an activating group) is 1. The largest absolute Gasteiger partial charge is 0.444 e. The number of piperazine rings is 1. The van der Waals surface area contributed by atoms with Crippen LogP contribution >= 0.6 is 0 Å². The summed E-state index contributed by atoms with van der Waals surface area (Å²) in [7, 11) is 1.78. The normalized spacial score (nSPS) is 21.6. The number of rotatable bonds is 5. The molecule has 2 saturated heterocycles. The van der Waals surface area contributed by atoms with Gasteiger partial charge in [-0.1, -0.05) is 6.92 Å². The van der Waals surface area contributed by atoms with Crippen molar-refractivity contribution in [3.63, 3.8) is 0 Å². The van der Waals surface area contributed by atoms with Crippen LogP contribution in [0.5, 0.6) is 0 Å². The van der Waals surface area contributed by atoms with Gasteiger partial charge in [-0.2, -0.15) is 0 Å². The summed E-state index contributed by atoms with van der Waals surface area (Å²) in [5, 5.41) is 6.81. The van der Waals surface area contributed by atoms with Crippen LogP contribution in [0.15, 0.2) is 4.99 Å². The number of guanidine groups is 1. The maximum atomic E-state index is 12.0. The molecule has 0 aromatic heterocycles. The molecule has 0 saturated carbocycles. The van der Waals surface area contributed by atoms with E-state index in [9.17, 15) is 4.79 Å². The number of hydrogen-bond donors (Lipinski definition) is 2. The highest BCUT2D eigenvalue weighted by molar-refractivity contribution is 5.80. The van der Waals surface area contributed by atoms with Crippen LogP contribution in [-0.4, -0.2) is 104 Å². The van der Waals surface area contributed by atoms with E-state index in [4.69, 9.17) is 4.74 Å². The van der Waals surface area contributed by atoms with Gasteiger partial charge in [-0.25, -0.2) is 4.79 Å². The smallest absolute Gasteiger partial charge is 0.410 e. The van der Waals surface area contributed by atoms with Gasteiger partial charge in [0.05, 0.1) is 6.04 Å². The number of aliphatic imine (C=N–C) groups is 1. The molecule has 2 aliphatic heterocycles. The highest BCUT2D eigenvalue weighted by atomic mass is 16.6. The van der Waals surface area contributed by atoms with E-state index >= 15 is 0 Å². The van der Waals surface area contributed by atoms with Crippen molar-refractivity contribution in [1.82, 2.24) is 25.3 Å². The van der Waals surface area contributed by atoms with E-state index in [1.165, 1.54) is 0 Å². The molecule has 0 spiro atoms. The highest BCUT2D eigenvalue weighted by Crippen LogP contribution is 2.15. The van der Waals surface area contributed by atoms with Crippen molar-refractivity contribution in [2.75, 3.05) is 59.4 Å². The van der Waals surface area contributed by atoms with Crippen LogP contribution in [0.25, 0.3) is 0 Å². The number of amides is 1. The predicted molar refractivity (Wildman–Crippen MR) is 109 cm³/mol. The zero-order chi connectivity index (χ0) is 20.0. The molecule has 2 N–H and O–H groups in total. The number of nitrogens with zero attached hydrogens (tertiary/aromatic N) is 4. The van der Waals surface area contributed by atoms with Crippen LogP contribution in [-0.2, 0) is 4.74 Å². The first kappa shape index (κ1) is 21.8. The molecule has 0 aromatic rings. The zero-order valence-corrected chi connectivity index (χ0v) is 17.9. The van der Waals surface area contributed by atoms with E-state index < -0.39 is 5.60 Å². The minimum absolute atomic E-state index is 0.215. The van der Waals surface area contributed by atoms with Crippen LogP contribution in [0.2, 0.25) is 0 Å². The Kier molecular flexibility index (Phi) is 7.73. The van der Waals surface area contributed by atoms with Crippen molar-refractivity contribution >= 4 is 12.1 Å². The van der Waals surface area contributed by atoms with Gasteiger partial charge in [0, 0.05) is 58.9 Å². The second-order valence-electron chi connectivity index (χ2n) is 8.50. The molecule has 1 unspecified atom stereocenters. The predicted octanol–water partition coefficient (Wildman–Crippen LogP) is 0.797. The Morgan fingerprint density at radius 2 is 1.85 bits per heavy atom. The second kappa shape index (κ2) is 9.59. The Bertz CT molecular complexity index is 505. The molecule has 1 atom stereocenters. The molecule has 8 heteroatoms. The first-order chi connectivity index (χ1) is 12.7. The first-order valence-electron chi connectivity index (χ1n) is 10.1.